The minimum atomic E-state index is -1.15. The summed E-state index contributed by atoms with van der Waals surface area (Å²) in [5.74, 6) is 0.920. The Labute approximate surface area is 170 Å². The van der Waals surface area contributed by atoms with E-state index in [0.717, 1.165) is 11.1 Å². The Morgan fingerprint density at radius 2 is 2.10 bits per heavy atom. The molecule has 1 aromatic rings. The van der Waals surface area contributed by atoms with Gasteiger partial charge in [0.15, 0.2) is 11.5 Å². The van der Waals surface area contributed by atoms with Crippen molar-refractivity contribution >= 4 is 11.9 Å². The zero-order chi connectivity index (χ0) is 20.8. The lowest BCUT2D eigenvalue weighted by Crippen LogP contribution is -2.52. The molecule has 0 bridgehead atoms. The summed E-state index contributed by atoms with van der Waals surface area (Å²) in [6.07, 6.45) is 2.95. The summed E-state index contributed by atoms with van der Waals surface area (Å²) >= 11 is 0. The van der Waals surface area contributed by atoms with Gasteiger partial charge in [0.05, 0.1) is 19.3 Å². The van der Waals surface area contributed by atoms with Gasteiger partial charge in [0.25, 0.3) is 5.91 Å². The number of aliphatic imine (C=N–C) groups is 1. The quantitative estimate of drug-likeness (QED) is 0.791. The molecule has 1 aromatic carbocycles. The molecule has 0 radical (unpaired) electrons. The number of rotatable bonds is 5. The predicted molar refractivity (Wildman–Crippen MR) is 108 cm³/mol. The lowest BCUT2D eigenvalue weighted by Gasteiger charge is -2.44. The number of benzene rings is 1. The largest absolute Gasteiger partial charge is 0.493 e. The van der Waals surface area contributed by atoms with Gasteiger partial charge in [-0.2, -0.15) is 0 Å². The molecule has 1 saturated carbocycles. The van der Waals surface area contributed by atoms with Crippen molar-refractivity contribution in [3.63, 3.8) is 0 Å². The zero-order valence-corrected chi connectivity index (χ0v) is 17.2. The smallest absolute Gasteiger partial charge is 0.262 e. The van der Waals surface area contributed by atoms with Crippen molar-refractivity contribution in [2.24, 2.45) is 22.1 Å². The van der Waals surface area contributed by atoms with Crippen LogP contribution in [0.15, 0.2) is 23.2 Å². The molecular weight excluding hydrogens is 373 g/mol. The summed E-state index contributed by atoms with van der Waals surface area (Å²) in [7, 11) is 0. The molecule has 1 atom stereocenters. The van der Waals surface area contributed by atoms with Crippen molar-refractivity contribution in [1.82, 2.24) is 4.90 Å². The summed E-state index contributed by atoms with van der Waals surface area (Å²) in [5, 5.41) is 10.1. The maximum absolute atomic E-state index is 13.7. The molecule has 3 N–H and O–H groups in total. The van der Waals surface area contributed by atoms with E-state index in [1.54, 1.807) is 0 Å². The molecule has 6 nitrogen and oxygen atoms in total. The van der Waals surface area contributed by atoms with Gasteiger partial charge in [0, 0.05) is 5.41 Å². The van der Waals surface area contributed by atoms with Crippen LogP contribution in [0.25, 0.3) is 0 Å². The third-order valence-electron chi connectivity index (χ3n) is 6.68. The van der Waals surface area contributed by atoms with Gasteiger partial charge in [0.1, 0.15) is 12.4 Å². The van der Waals surface area contributed by atoms with E-state index in [4.69, 9.17) is 15.5 Å². The third kappa shape index (κ3) is 3.01. The van der Waals surface area contributed by atoms with Crippen LogP contribution in [0.5, 0.6) is 5.75 Å². The van der Waals surface area contributed by atoms with Crippen molar-refractivity contribution in [3.8, 4) is 5.75 Å². The molecule has 1 fully saturated rings. The second kappa shape index (κ2) is 7.27. The topological polar surface area (TPSA) is 88.2 Å². The lowest BCUT2D eigenvalue weighted by atomic mass is 9.61. The molecular formula is C22H30FN3O3. The first-order valence-electron chi connectivity index (χ1n) is 10.5. The van der Waals surface area contributed by atoms with Crippen LogP contribution in [0, 0.1) is 11.3 Å². The Hall–Kier alpha value is -2.15. The van der Waals surface area contributed by atoms with Gasteiger partial charge in [0.2, 0.25) is 0 Å². The lowest BCUT2D eigenvalue weighted by molar-refractivity contribution is -0.138. The Morgan fingerprint density at radius 1 is 1.38 bits per heavy atom. The van der Waals surface area contributed by atoms with Crippen molar-refractivity contribution in [2.75, 3.05) is 19.8 Å². The second-order valence-corrected chi connectivity index (χ2v) is 9.04. The maximum atomic E-state index is 13.7. The monoisotopic (exact) mass is 403 g/mol. The molecule has 2 aliphatic carbocycles. The molecule has 3 aliphatic rings. The number of carbonyl (C=O) groups is 1. The highest BCUT2D eigenvalue weighted by Crippen LogP contribution is 2.62. The van der Waals surface area contributed by atoms with Crippen molar-refractivity contribution in [3.05, 3.63) is 29.3 Å². The molecule has 1 heterocycles. The van der Waals surface area contributed by atoms with Crippen LogP contribution in [0.3, 0.4) is 0 Å². The van der Waals surface area contributed by atoms with Gasteiger partial charge < -0.3 is 15.6 Å². The van der Waals surface area contributed by atoms with Crippen LogP contribution in [-0.2, 0) is 16.8 Å². The molecule has 158 valence electrons. The van der Waals surface area contributed by atoms with Gasteiger partial charge in [-0.3, -0.25) is 9.69 Å². The SMILES string of the molecule is CC(C)COc1ccc2c(c1)C1(N=C(N)N(CCF)C1=O)C1(CCC(O)CC1)C2. The van der Waals surface area contributed by atoms with E-state index in [9.17, 15) is 14.3 Å². The first kappa shape index (κ1) is 20.1. The number of fused-ring (bicyclic) bond motifs is 3. The second-order valence-electron chi connectivity index (χ2n) is 9.04. The fourth-order valence-electron chi connectivity index (χ4n) is 5.27. The fraction of sp³-hybridized carbons (Fsp3) is 0.636. The summed E-state index contributed by atoms with van der Waals surface area (Å²) in [6.45, 7) is 3.98. The Balaban J connectivity index is 1.81. The van der Waals surface area contributed by atoms with Crippen LogP contribution >= 0.6 is 0 Å². The number of guanidine groups is 1. The molecule has 1 aliphatic heterocycles. The zero-order valence-electron chi connectivity index (χ0n) is 17.2. The number of hydrogen-bond acceptors (Lipinski definition) is 5. The van der Waals surface area contributed by atoms with Gasteiger partial charge in [-0.25, -0.2) is 9.38 Å². The summed E-state index contributed by atoms with van der Waals surface area (Å²) in [6, 6.07) is 5.88. The molecule has 2 spiro atoms. The Morgan fingerprint density at radius 3 is 2.76 bits per heavy atom. The minimum absolute atomic E-state index is 0.0829. The number of alkyl halides is 1. The van der Waals surface area contributed by atoms with Gasteiger partial charge in [-0.15, -0.1) is 0 Å². The minimum Gasteiger partial charge on any atom is -0.493 e. The highest BCUT2D eigenvalue weighted by molar-refractivity contribution is 6.08. The first-order chi connectivity index (χ1) is 13.8. The van der Waals surface area contributed by atoms with Gasteiger partial charge >= 0.3 is 0 Å². The van der Waals surface area contributed by atoms with Crippen molar-refractivity contribution < 1.29 is 19.0 Å². The fourth-order valence-corrected chi connectivity index (χ4v) is 5.27. The summed E-state index contributed by atoms with van der Waals surface area (Å²) in [5.41, 5.74) is 6.41. The van der Waals surface area contributed by atoms with Crippen LogP contribution in [0.1, 0.15) is 50.7 Å². The van der Waals surface area contributed by atoms with Gasteiger partial charge in [-0.1, -0.05) is 19.9 Å². The molecule has 29 heavy (non-hydrogen) atoms. The average molecular weight is 403 g/mol. The number of hydrogen-bond donors (Lipinski definition) is 2. The number of aliphatic hydroxyl groups is 1. The Kier molecular flexibility index (Phi) is 5.05. The maximum Gasteiger partial charge on any atom is 0.262 e. The number of nitrogens with two attached hydrogens (primary N) is 1. The Bertz CT molecular complexity index is 833. The number of halogens is 1. The molecule has 0 aromatic heterocycles. The van der Waals surface area contributed by atoms with E-state index < -0.39 is 17.6 Å². The van der Waals surface area contributed by atoms with E-state index >= 15 is 0 Å². The first-order valence-corrected chi connectivity index (χ1v) is 10.5. The standard InChI is InChI=1S/C22H30FN3O3/c1-14(2)13-29-17-4-3-15-12-21(7-5-16(27)6-8-21)22(18(15)11-17)19(28)26(10-9-23)20(24)25-22/h3-4,11,14,16,27H,5-10,12-13H2,1-2H3,(H2,24,25). The normalized spacial score (nSPS) is 31.1. The highest BCUT2D eigenvalue weighted by atomic mass is 19.1. The number of aliphatic hydroxyl groups excluding tert-OH is 1. The molecule has 0 saturated heterocycles. The van der Waals surface area contributed by atoms with E-state index in [-0.39, 0.29) is 24.5 Å². The van der Waals surface area contributed by atoms with E-state index in [2.05, 4.69) is 13.8 Å². The molecule has 4 rings (SSSR count). The van der Waals surface area contributed by atoms with Crippen molar-refractivity contribution in [2.45, 2.75) is 57.6 Å². The van der Waals surface area contributed by atoms with E-state index in [1.165, 1.54) is 4.90 Å². The van der Waals surface area contributed by atoms with Gasteiger partial charge in [-0.05, 0) is 61.3 Å². The van der Waals surface area contributed by atoms with E-state index in [1.807, 2.05) is 18.2 Å². The third-order valence-corrected chi connectivity index (χ3v) is 6.68. The number of amides is 1. The van der Waals surface area contributed by atoms with E-state index in [0.29, 0.717) is 50.4 Å². The van der Waals surface area contributed by atoms with Crippen molar-refractivity contribution in [1.29, 1.82) is 0 Å². The molecule has 7 heteroatoms. The molecule has 1 amide bonds. The highest BCUT2D eigenvalue weighted by Gasteiger charge is 2.66. The van der Waals surface area contributed by atoms with Crippen LogP contribution in [-0.4, -0.2) is 47.8 Å². The van der Waals surface area contributed by atoms with Crippen LogP contribution in [0.4, 0.5) is 4.39 Å². The summed E-state index contributed by atoms with van der Waals surface area (Å²) in [4.78, 5) is 19.7. The molecule has 1 unspecified atom stereocenters. The van der Waals surface area contributed by atoms with Crippen LogP contribution in [0.2, 0.25) is 0 Å². The number of carbonyl (C=O) groups excluding carboxylic acids is 1. The average Bonchev–Trinajstić information content (AvgIpc) is 3.10. The predicted octanol–water partition coefficient (Wildman–Crippen LogP) is 2.52. The number of ether oxygens (including phenoxy) is 1. The van der Waals surface area contributed by atoms with Crippen LogP contribution < -0.4 is 10.5 Å². The number of nitrogens with zero attached hydrogens (tertiary/aromatic N) is 2. The summed E-state index contributed by atoms with van der Waals surface area (Å²) < 4.78 is 19.1.